The van der Waals surface area contributed by atoms with Crippen molar-refractivity contribution in [1.82, 2.24) is 5.32 Å². The highest BCUT2D eigenvalue weighted by atomic mass is 16.5. The Morgan fingerprint density at radius 2 is 2.21 bits per heavy atom. The summed E-state index contributed by atoms with van der Waals surface area (Å²) in [5.41, 5.74) is 3.55. The van der Waals surface area contributed by atoms with Crippen LogP contribution in [0.3, 0.4) is 0 Å². The zero-order valence-electron chi connectivity index (χ0n) is 12.1. The minimum absolute atomic E-state index is 0.334. The zero-order valence-corrected chi connectivity index (χ0v) is 12.1. The quantitative estimate of drug-likeness (QED) is 0.854. The Kier molecular flexibility index (Phi) is 5.05. The average Bonchev–Trinajstić information content (AvgIpc) is 2.43. The normalized spacial score (nSPS) is 19.2. The molecule has 1 aliphatic heterocycles. The maximum absolute atomic E-state index is 5.68. The largest absolute Gasteiger partial charge is 0.496 e. The van der Waals surface area contributed by atoms with E-state index in [1.807, 2.05) is 0 Å². The fourth-order valence-corrected chi connectivity index (χ4v) is 2.37. The van der Waals surface area contributed by atoms with Crippen LogP contribution in [-0.2, 0) is 4.74 Å². The highest BCUT2D eigenvalue weighted by Gasteiger charge is 2.12. The van der Waals surface area contributed by atoms with E-state index in [0.29, 0.717) is 6.10 Å². The highest BCUT2D eigenvalue weighted by Crippen LogP contribution is 2.25. The molecule has 1 atom stereocenters. The summed E-state index contributed by atoms with van der Waals surface area (Å²) in [7, 11) is 1.71. The van der Waals surface area contributed by atoms with Gasteiger partial charge in [-0.15, -0.1) is 0 Å². The number of anilines is 1. The zero-order chi connectivity index (χ0) is 13.7. The van der Waals surface area contributed by atoms with Gasteiger partial charge in [0, 0.05) is 25.3 Å². The van der Waals surface area contributed by atoms with Crippen LogP contribution in [0.4, 0.5) is 5.69 Å². The fourth-order valence-electron chi connectivity index (χ4n) is 2.37. The molecule has 1 unspecified atom stereocenters. The Bertz CT molecular complexity index is 415. The van der Waals surface area contributed by atoms with Crippen LogP contribution in [0.1, 0.15) is 17.5 Å². The average molecular weight is 264 g/mol. The van der Waals surface area contributed by atoms with Crippen molar-refractivity contribution in [3.63, 3.8) is 0 Å². The molecule has 2 rings (SSSR count). The highest BCUT2D eigenvalue weighted by molar-refractivity contribution is 5.56. The molecular formula is C15H24N2O2. The van der Waals surface area contributed by atoms with Crippen LogP contribution in [0, 0.1) is 13.8 Å². The van der Waals surface area contributed by atoms with Crippen LogP contribution in [0.5, 0.6) is 5.75 Å². The van der Waals surface area contributed by atoms with E-state index in [2.05, 4.69) is 36.6 Å². The van der Waals surface area contributed by atoms with Crippen LogP contribution in [0.25, 0.3) is 0 Å². The van der Waals surface area contributed by atoms with Crippen molar-refractivity contribution in [2.45, 2.75) is 26.4 Å². The Morgan fingerprint density at radius 3 is 2.89 bits per heavy atom. The van der Waals surface area contributed by atoms with Crippen LogP contribution < -0.4 is 15.4 Å². The first-order chi connectivity index (χ1) is 9.20. The molecule has 0 saturated carbocycles. The van der Waals surface area contributed by atoms with E-state index in [1.54, 1.807) is 7.11 Å². The second kappa shape index (κ2) is 6.78. The van der Waals surface area contributed by atoms with Crippen LogP contribution in [0.15, 0.2) is 12.1 Å². The van der Waals surface area contributed by atoms with Crippen molar-refractivity contribution in [2.75, 3.05) is 38.7 Å². The lowest BCUT2D eigenvalue weighted by atomic mass is 10.1. The van der Waals surface area contributed by atoms with E-state index in [-0.39, 0.29) is 0 Å². The number of hydrogen-bond acceptors (Lipinski definition) is 4. The summed E-state index contributed by atoms with van der Waals surface area (Å²) in [5.74, 6) is 0.947. The number of rotatable bonds is 5. The monoisotopic (exact) mass is 264 g/mol. The summed E-state index contributed by atoms with van der Waals surface area (Å²) in [4.78, 5) is 0. The Labute approximate surface area is 115 Å². The molecule has 1 fully saturated rings. The van der Waals surface area contributed by atoms with Crippen molar-refractivity contribution >= 4 is 5.69 Å². The summed E-state index contributed by atoms with van der Waals surface area (Å²) >= 11 is 0. The van der Waals surface area contributed by atoms with Crippen LogP contribution >= 0.6 is 0 Å². The van der Waals surface area contributed by atoms with Gasteiger partial charge >= 0.3 is 0 Å². The maximum atomic E-state index is 5.68. The molecule has 19 heavy (non-hydrogen) atoms. The van der Waals surface area contributed by atoms with Gasteiger partial charge in [-0.05, 0) is 43.5 Å². The fraction of sp³-hybridized carbons (Fsp3) is 0.600. The molecule has 0 amide bonds. The van der Waals surface area contributed by atoms with Gasteiger partial charge in [-0.3, -0.25) is 0 Å². The molecule has 1 aliphatic rings. The Balaban J connectivity index is 1.86. The minimum atomic E-state index is 0.334. The minimum Gasteiger partial charge on any atom is -0.496 e. The molecule has 0 aliphatic carbocycles. The number of hydrogen-bond donors (Lipinski definition) is 2. The second-order valence-corrected chi connectivity index (χ2v) is 5.05. The molecule has 0 aromatic heterocycles. The van der Waals surface area contributed by atoms with Crippen molar-refractivity contribution in [2.24, 2.45) is 0 Å². The van der Waals surface area contributed by atoms with Crippen molar-refractivity contribution < 1.29 is 9.47 Å². The summed E-state index contributed by atoms with van der Waals surface area (Å²) in [6.07, 6.45) is 1.36. The molecule has 4 nitrogen and oxygen atoms in total. The molecule has 0 bridgehead atoms. The number of morpholine rings is 1. The van der Waals surface area contributed by atoms with Gasteiger partial charge in [0.1, 0.15) is 5.75 Å². The predicted octanol–water partition coefficient (Wildman–Crippen LogP) is 2.10. The summed E-state index contributed by atoms with van der Waals surface area (Å²) < 4.78 is 11.0. The van der Waals surface area contributed by atoms with E-state index >= 15 is 0 Å². The summed E-state index contributed by atoms with van der Waals surface area (Å²) in [6.45, 7) is 7.86. The lowest BCUT2D eigenvalue weighted by Crippen LogP contribution is -2.39. The third-order valence-corrected chi connectivity index (χ3v) is 3.53. The maximum Gasteiger partial charge on any atom is 0.122 e. The molecule has 4 heteroatoms. The standard InChI is InChI=1S/C15H24N2O2/c1-11-9-15(18-3)12(2)8-14(11)17-5-4-13-10-16-6-7-19-13/h8-9,13,16-17H,4-7,10H2,1-3H3. The number of benzene rings is 1. The van der Waals surface area contributed by atoms with E-state index in [1.165, 1.54) is 11.3 Å². The first-order valence-electron chi connectivity index (χ1n) is 6.92. The molecule has 1 aromatic carbocycles. The van der Waals surface area contributed by atoms with Crippen LogP contribution in [0.2, 0.25) is 0 Å². The van der Waals surface area contributed by atoms with Gasteiger partial charge in [-0.1, -0.05) is 0 Å². The van der Waals surface area contributed by atoms with Crippen LogP contribution in [-0.4, -0.2) is 39.5 Å². The SMILES string of the molecule is COc1cc(C)c(NCCC2CNCCO2)cc1C. The van der Waals surface area contributed by atoms with Gasteiger partial charge in [-0.2, -0.15) is 0 Å². The third-order valence-electron chi connectivity index (χ3n) is 3.53. The van der Waals surface area contributed by atoms with Crippen molar-refractivity contribution in [3.05, 3.63) is 23.3 Å². The molecule has 106 valence electrons. The van der Waals surface area contributed by atoms with E-state index in [4.69, 9.17) is 9.47 Å². The smallest absolute Gasteiger partial charge is 0.122 e. The van der Waals surface area contributed by atoms with Gasteiger partial charge in [0.2, 0.25) is 0 Å². The van der Waals surface area contributed by atoms with Gasteiger partial charge in [0.25, 0.3) is 0 Å². The molecular weight excluding hydrogens is 240 g/mol. The van der Waals surface area contributed by atoms with E-state index in [0.717, 1.165) is 44.0 Å². The Hall–Kier alpha value is -1.26. The second-order valence-electron chi connectivity index (χ2n) is 5.05. The lowest BCUT2D eigenvalue weighted by molar-refractivity contribution is 0.0258. The first kappa shape index (κ1) is 14.2. The topological polar surface area (TPSA) is 42.5 Å². The Morgan fingerprint density at radius 1 is 1.37 bits per heavy atom. The molecule has 0 spiro atoms. The van der Waals surface area contributed by atoms with Gasteiger partial charge in [0.15, 0.2) is 0 Å². The lowest BCUT2D eigenvalue weighted by Gasteiger charge is -2.24. The number of ether oxygens (including phenoxy) is 2. The third kappa shape index (κ3) is 3.85. The van der Waals surface area contributed by atoms with Gasteiger partial charge < -0.3 is 20.1 Å². The predicted molar refractivity (Wildman–Crippen MR) is 78.2 cm³/mol. The number of methoxy groups -OCH3 is 1. The van der Waals surface area contributed by atoms with E-state index < -0.39 is 0 Å². The van der Waals surface area contributed by atoms with Gasteiger partial charge in [-0.25, -0.2) is 0 Å². The molecule has 2 N–H and O–H groups in total. The van der Waals surface area contributed by atoms with Crippen molar-refractivity contribution in [1.29, 1.82) is 0 Å². The van der Waals surface area contributed by atoms with Gasteiger partial charge in [0.05, 0.1) is 19.8 Å². The summed E-state index contributed by atoms with van der Waals surface area (Å²) in [5, 5.41) is 6.84. The summed E-state index contributed by atoms with van der Waals surface area (Å²) in [6, 6.07) is 4.23. The first-order valence-corrected chi connectivity index (χ1v) is 6.92. The molecule has 1 aromatic rings. The van der Waals surface area contributed by atoms with E-state index in [9.17, 15) is 0 Å². The number of nitrogens with one attached hydrogen (secondary N) is 2. The molecule has 1 saturated heterocycles. The van der Waals surface area contributed by atoms with Crippen molar-refractivity contribution in [3.8, 4) is 5.75 Å². The molecule has 1 heterocycles. The molecule has 0 radical (unpaired) electrons. The number of aryl methyl sites for hydroxylation is 2.